The zero-order valence-electron chi connectivity index (χ0n) is 9.18. The highest BCUT2D eigenvalue weighted by Crippen LogP contribution is 2.29. The largest absolute Gasteiger partial charge is 0.278 e. The minimum atomic E-state index is 0.551. The summed E-state index contributed by atoms with van der Waals surface area (Å²) in [5, 5.41) is 8.40. The Morgan fingerprint density at radius 2 is 2.00 bits per heavy atom. The van der Waals surface area contributed by atoms with Gasteiger partial charge in [0.15, 0.2) is 0 Å². The third kappa shape index (κ3) is 1.22. The standard InChI is InChI=1S/C12H16N2/c1-7(2)12-9(4)8(3)5-11-10(12)6-13-14-11/h5-7H,1-4H3,(H,13,14). The summed E-state index contributed by atoms with van der Waals surface area (Å²) in [4.78, 5) is 0. The second-order valence-electron chi connectivity index (χ2n) is 4.22. The molecular weight excluding hydrogens is 172 g/mol. The summed E-state index contributed by atoms with van der Waals surface area (Å²) in [5.41, 5.74) is 5.31. The number of nitrogens with zero attached hydrogens (tertiary/aromatic N) is 1. The molecule has 0 saturated carbocycles. The van der Waals surface area contributed by atoms with Gasteiger partial charge in [-0.3, -0.25) is 5.10 Å². The molecule has 2 rings (SSSR count). The van der Waals surface area contributed by atoms with E-state index in [9.17, 15) is 0 Å². The summed E-state index contributed by atoms with van der Waals surface area (Å²) in [5.74, 6) is 0.551. The van der Waals surface area contributed by atoms with Crippen molar-refractivity contribution in [2.24, 2.45) is 0 Å². The zero-order valence-corrected chi connectivity index (χ0v) is 9.18. The van der Waals surface area contributed by atoms with Crippen LogP contribution in [0.1, 0.15) is 36.5 Å². The maximum absolute atomic E-state index is 4.10. The third-order valence-corrected chi connectivity index (χ3v) is 2.89. The lowest BCUT2D eigenvalue weighted by Crippen LogP contribution is -1.95. The fourth-order valence-electron chi connectivity index (χ4n) is 2.10. The highest BCUT2D eigenvalue weighted by molar-refractivity contribution is 5.84. The molecule has 14 heavy (non-hydrogen) atoms. The van der Waals surface area contributed by atoms with Gasteiger partial charge >= 0.3 is 0 Å². The first-order valence-corrected chi connectivity index (χ1v) is 5.04. The van der Waals surface area contributed by atoms with E-state index in [0.717, 1.165) is 5.52 Å². The molecule has 0 radical (unpaired) electrons. The number of rotatable bonds is 1. The van der Waals surface area contributed by atoms with Crippen molar-refractivity contribution >= 4 is 10.9 Å². The van der Waals surface area contributed by atoms with Crippen LogP contribution in [0.15, 0.2) is 12.3 Å². The summed E-state index contributed by atoms with van der Waals surface area (Å²) in [6.45, 7) is 8.81. The van der Waals surface area contributed by atoms with Gasteiger partial charge < -0.3 is 0 Å². The van der Waals surface area contributed by atoms with E-state index in [4.69, 9.17) is 0 Å². The zero-order chi connectivity index (χ0) is 10.3. The molecule has 0 atom stereocenters. The van der Waals surface area contributed by atoms with Gasteiger partial charge in [0.05, 0.1) is 11.7 Å². The van der Waals surface area contributed by atoms with Crippen LogP contribution in [0.2, 0.25) is 0 Å². The van der Waals surface area contributed by atoms with Crippen molar-refractivity contribution in [1.29, 1.82) is 0 Å². The predicted octanol–water partition coefficient (Wildman–Crippen LogP) is 3.30. The normalized spacial score (nSPS) is 11.5. The molecule has 0 aliphatic rings. The first-order chi connectivity index (χ1) is 6.61. The van der Waals surface area contributed by atoms with E-state index in [1.165, 1.54) is 22.1 Å². The van der Waals surface area contributed by atoms with Crippen molar-refractivity contribution in [3.8, 4) is 0 Å². The van der Waals surface area contributed by atoms with Gasteiger partial charge in [-0.15, -0.1) is 0 Å². The number of aryl methyl sites for hydroxylation is 1. The molecule has 74 valence electrons. The quantitative estimate of drug-likeness (QED) is 0.730. The van der Waals surface area contributed by atoms with E-state index in [2.05, 4.69) is 44.0 Å². The fraction of sp³-hybridized carbons (Fsp3) is 0.417. The number of hydrogen-bond acceptors (Lipinski definition) is 1. The highest BCUT2D eigenvalue weighted by atomic mass is 15.1. The number of nitrogens with one attached hydrogen (secondary N) is 1. The summed E-state index contributed by atoms with van der Waals surface area (Å²) < 4.78 is 0. The van der Waals surface area contributed by atoms with Gasteiger partial charge in [0.1, 0.15) is 0 Å². The van der Waals surface area contributed by atoms with Crippen molar-refractivity contribution < 1.29 is 0 Å². The molecule has 0 amide bonds. The summed E-state index contributed by atoms with van der Waals surface area (Å²) in [6.07, 6.45) is 1.93. The minimum Gasteiger partial charge on any atom is -0.278 e. The number of H-pyrrole nitrogens is 1. The van der Waals surface area contributed by atoms with Crippen LogP contribution in [-0.2, 0) is 0 Å². The maximum Gasteiger partial charge on any atom is 0.0656 e. The number of aromatic amines is 1. The van der Waals surface area contributed by atoms with Crippen LogP contribution in [0.3, 0.4) is 0 Å². The van der Waals surface area contributed by atoms with Gasteiger partial charge in [0.2, 0.25) is 0 Å². The maximum atomic E-state index is 4.10. The van der Waals surface area contributed by atoms with Crippen molar-refractivity contribution in [2.75, 3.05) is 0 Å². The van der Waals surface area contributed by atoms with Gasteiger partial charge in [-0.05, 0) is 42.5 Å². The fourth-order valence-corrected chi connectivity index (χ4v) is 2.10. The first-order valence-electron chi connectivity index (χ1n) is 5.04. The second kappa shape index (κ2) is 3.12. The Balaban J connectivity index is 2.86. The van der Waals surface area contributed by atoms with Gasteiger partial charge in [-0.2, -0.15) is 5.10 Å². The molecule has 1 aromatic heterocycles. The summed E-state index contributed by atoms with van der Waals surface area (Å²) in [6, 6.07) is 2.17. The number of benzene rings is 1. The SMILES string of the molecule is Cc1cc2[nH]ncc2c(C(C)C)c1C. The summed E-state index contributed by atoms with van der Waals surface area (Å²) in [7, 11) is 0. The number of aromatic nitrogens is 2. The molecule has 0 bridgehead atoms. The predicted molar refractivity (Wildman–Crippen MR) is 59.7 cm³/mol. The van der Waals surface area contributed by atoms with E-state index in [-0.39, 0.29) is 0 Å². The van der Waals surface area contributed by atoms with E-state index in [1.54, 1.807) is 0 Å². The Hall–Kier alpha value is -1.31. The second-order valence-corrected chi connectivity index (χ2v) is 4.22. The lowest BCUT2D eigenvalue weighted by atomic mass is 9.92. The Morgan fingerprint density at radius 3 is 2.64 bits per heavy atom. The Kier molecular flexibility index (Phi) is 2.06. The molecule has 0 spiro atoms. The molecular formula is C12H16N2. The average molecular weight is 188 g/mol. The van der Waals surface area contributed by atoms with E-state index < -0.39 is 0 Å². The van der Waals surface area contributed by atoms with Crippen LogP contribution in [0.4, 0.5) is 0 Å². The smallest absolute Gasteiger partial charge is 0.0656 e. The van der Waals surface area contributed by atoms with Gasteiger partial charge in [-0.25, -0.2) is 0 Å². The monoisotopic (exact) mass is 188 g/mol. The molecule has 0 aliphatic carbocycles. The molecule has 1 N–H and O–H groups in total. The molecule has 0 aliphatic heterocycles. The molecule has 0 saturated heterocycles. The van der Waals surface area contributed by atoms with Crippen LogP contribution in [0.25, 0.3) is 10.9 Å². The van der Waals surface area contributed by atoms with E-state index >= 15 is 0 Å². The van der Waals surface area contributed by atoms with E-state index in [1.807, 2.05) is 6.20 Å². The summed E-state index contributed by atoms with van der Waals surface area (Å²) >= 11 is 0. The van der Waals surface area contributed by atoms with Crippen LogP contribution < -0.4 is 0 Å². The van der Waals surface area contributed by atoms with Crippen molar-refractivity contribution in [2.45, 2.75) is 33.6 Å². The highest BCUT2D eigenvalue weighted by Gasteiger charge is 2.11. The molecule has 2 nitrogen and oxygen atoms in total. The van der Waals surface area contributed by atoms with Crippen molar-refractivity contribution in [3.63, 3.8) is 0 Å². The minimum absolute atomic E-state index is 0.551. The van der Waals surface area contributed by atoms with Crippen molar-refractivity contribution in [1.82, 2.24) is 10.2 Å². The lowest BCUT2D eigenvalue weighted by Gasteiger charge is -2.13. The van der Waals surface area contributed by atoms with Gasteiger partial charge in [0.25, 0.3) is 0 Å². The van der Waals surface area contributed by atoms with Gasteiger partial charge in [0, 0.05) is 5.39 Å². The molecule has 1 heterocycles. The Labute approximate surface area is 84.3 Å². The van der Waals surface area contributed by atoms with Crippen LogP contribution in [0, 0.1) is 13.8 Å². The van der Waals surface area contributed by atoms with Crippen molar-refractivity contribution in [3.05, 3.63) is 29.0 Å². The lowest BCUT2D eigenvalue weighted by molar-refractivity contribution is 0.864. The number of hydrogen-bond donors (Lipinski definition) is 1. The molecule has 0 unspecified atom stereocenters. The molecule has 1 aromatic carbocycles. The van der Waals surface area contributed by atoms with Crippen LogP contribution >= 0.6 is 0 Å². The van der Waals surface area contributed by atoms with Crippen LogP contribution in [-0.4, -0.2) is 10.2 Å². The average Bonchev–Trinajstić information content (AvgIpc) is 2.52. The molecule has 2 aromatic rings. The van der Waals surface area contributed by atoms with Crippen LogP contribution in [0.5, 0.6) is 0 Å². The number of fused-ring (bicyclic) bond motifs is 1. The first kappa shape index (κ1) is 9.25. The Bertz CT molecular complexity index is 466. The topological polar surface area (TPSA) is 28.7 Å². The Morgan fingerprint density at radius 1 is 1.29 bits per heavy atom. The molecule has 2 heteroatoms. The third-order valence-electron chi connectivity index (χ3n) is 2.89. The molecule has 0 fully saturated rings. The van der Waals surface area contributed by atoms with Gasteiger partial charge in [-0.1, -0.05) is 13.8 Å². The van der Waals surface area contributed by atoms with E-state index in [0.29, 0.717) is 5.92 Å².